The number of carbonyl (C=O) groups excluding carboxylic acids is 1. The van der Waals surface area contributed by atoms with Crippen molar-refractivity contribution in [1.82, 2.24) is 0 Å². The Labute approximate surface area is 138 Å². The summed E-state index contributed by atoms with van der Waals surface area (Å²) in [5.74, 6) is -0.789. The molecule has 0 spiro atoms. The summed E-state index contributed by atoms with van der Waals surface area (Å²) < 4.78 is 4.95. The third kappa shape index (κ3) is 4.30. The van der Waals surface area contributed by atoms with Gasteiger partial charge >= 0.3 is 5.97 Å². The van der Waals surface area contributed by atoms with Crippen molar-refractivity contribution >= 4 is 17.3 Å². The van der Waals surface area contributed by atoms with Crippen molar-refractivity contribution in [3.63, 3.8) is 0 Å². The number of nitrogens with one attached hydrogen (secondary N) is 1. The lowest BCUT2D eigenvalue weighted by Gasteiger charge is -2.12. The van der Waals surface area contributed by atoms with Crippen molar-refractivity contribution in [3.05, 3.63) is 69.8 Å². The molecule has 7 nitrogen and oxygen atoms in total. The van der Waals surface area contributed by atoms with Crippen molar-refractivity contribution in [2.24, 2.45) is 0 Å². The molecular weight excluding hydrogens is 310 g/mol. The summed E-state index contributed by atoms with van der Waals surface area (Å²) in [6, 6.07) is 15.2. The van der Waals surface area contributed by atoms with Crippen molar-refractivity contribution < 1.29 is 14.5 Å². The zero-order chi connectivity index (χ0) is 17.5. The van der Waals surface area contributed by atoms with Crippen molar-refractivity contribution in [2.45, 2.75) is 19.6 Å². The third-order valence-corrected chi connectivity index (χ3v) is 3.23. The van der Waals surface area contributed by atoms with E-state index in [2.05, 4.69) is 5.32 Å². The first kappa shape index (κ1) is 17.0. The Hall–Kier alpha value is -3.40. The Morgan fingerprint density at radius 1 is 1.33 bits per heavy atom. The average Bonchev–Trinajstić information content (AvgIpc) is 2.60. The second kappa shape index (κ2) is 7.74. The minimum atomic E-state index is -0.946. The first-order valence-corrected chi connectivity index (χ1v) is 7.18. The number of anilines is 1. The van der Waals surface area contributed by atoms with E-state index in [4.69, 9.17) is 10.00 Å². The van der Waals surface area contributed by atoms with Crippen LogP contribution < -0.4 is 5.32 Å². The number of hydrogen-bond acceptors (Lipinski definition) is 6. The van der Waals surface area contributed by atoms with Gasteiger partial charge < -0.3 is 10.1 Å². The molecule has 122 valence electrons. The summed E-state index contributed by atoms with van der Waals surface area (Å²) in [7, 11) is 0. The number of esters is 1. The lowest BCUT2D eigenvalue weighted by molar-refractivity contribution is -0.384. The highest BCUT2D eigenvalue weighted by Gasteiger charge is 2.19. The Bertz CT molecular complexity index is 784. The molecule has 0 heterocycles. The van der Waals surface area contributed by atoms with E-state index in [0.717, 1.165) is 11.6 Å². The minimum Gasteiger partial charge on any atom is -0.444 e. The summed E-state index contributed by atoms with van der Waals surface area (Å²) in [5.41, 5.74) is 1.18. The number of nitriles is 1. The highest BCUT2D eigenvalue weighted by molar-refractivity contribution is 5.96. The first-order chi connectivity index (χ1) is 11.5. The van der Waals surface area contributed by atoms with Gasteiger partial charge in [0.1, 0.15) is 6.07 Å². The fraction of sp³-hybridized carbons (Fsp3) is 0.176. The van der Waals surface area contributed by atoms with E-state index in [-0.39, 0.29) is 11.3 Å². The van der Waals surface area contributed by atoms with Gasteiger partial charge in [0.25, 0.3) is 5.69 Å². The molecule has 0 bridgehead atoms. The summed E-state index contributed by atoms with van der Waals surface area (Å²) in [4.78, 5) is 22.5. The summed E-state index contributed by atoms with van der Waals surface area (Å²) in [6.45, 7) is 1.86. The number of nitrogens with zero attached hydrogens (tertiary/aromatic N) is 2. The Balaban J connectivity index is 2.27. The van der Waals surface area contributed by atoms with E-state index < -0.39 is 17.0 Å². The van der Waals surface area contributed by atoms with Crippen LogP contribution in [0.3, 0.4) is 0 Å². The molecule has 0 saturated heterocycles. The van der Waals surface area contributed by atoms with Crippen LogP contribution in [0.1, 0.15) is 22.8 Å². The van der Waals surface area contributed by atoms with Crippen molar-refractivity contribution in [2.75, 3.05) is 5.32 Å². The number of non-ortho nitro benzene ring substituents is 1. The number of nitro benzene ring substituents is 1. The molecule has 0 aromatic heterocycles. The molecule has 1 atom stereocenters. The number of rotatable bonds is 6. The molecule has 0 fully saturated rings. The Morgan fingerprint density at radius 2 is 2.04 bits per heavy atom. The van der Waals surface area contributed by atoms with Crippen LogP contribution in [0.2, 0.25) is 0 Å². The average molecular weight is 325 g/mol. The van der Waals surface area contributed by atoms with Crippen LogP contribution in [-0.2, 0) is 11.3 Å². The van der Waals surface area contributed by atoms with Crippen LogP contribution in [0.5, 0.6) is 0 Å². The first-order valence-electron chi connectivity index (χ1n) is 7.18. The van der Waals surface area contributed by atoms with Crippen LogP contribution in [0.15, 0.2) is 48.5 Å². The predicted molar refractivity (Wildman–Crippen MR) is 87.4 cm³/mol. The lowest BCUT2D eigenvalue weighted by atomic mass is 10.1. The van der Waals surface area contributed by atoms with E-state index in [1.54, 1.807) is 6.07 Å². The highest BCUT2D eigenvalue weighted by Crippen LogP contribution is 2.24. The van der Waals surface area contributed by atoms with Crippen LogP contribution in [0.25, 0.3) is 0 Å². The molecule has 0 aliphatic carbocycles. The van der Waals surface area contributed by atoms with E-state index >= 15 is 0 Å². The second-order valence-corrected chi connectivity index (χ2v) is 5.00. The molecule has 2 rings (SSSR count). The van der Waals surface area contributed by atoms with Gasteiger partial charge in [0, 0.05) is 24.4 Å². The second-order valence-electron chi connectivity index (χ2n) is 5.00. The molecular formula is C17H15N3O4. The van der Waals surface area contributed by atoms with E-state index in [0.29, 0.717) is 12.2 Å². The van der Waals surface area contributed by atoms with Gasteiger partial charge in [-0.2, -0.15) is 5.26 Å². The zero-order valence-electron chi connectivity index (χ0n) is 12.9. The van der Waals surface area contributed by atoms with Gasteiger partial charge in [-0.3, -0.25) is 10.1 Å². The fourth-order valence-electron chi connectivity index (χ4n) is 2.01. The maximum atomic E-state index is 12.2. The fourth-order valence-corrected chi connectivity index (χ4v) is 2.01. The van der Waals surface area contributed by atoms with Crippen molar-refractivity contribution in [1.29, 1.82) is 5.26 Å². The summed E-state index contributed by atoms with van der Waals surface area (Å²) in [6.07, 6.45) is -0.946. The molecule has 0 saturated carbocycles. The molecule has 7 heteroatoms. The van der Waals surface area contributed by atoms with Crippen LogP contribution in [0, 0.1) is 21.4 Å². The molecule has 24 heavy (non-hydrogen) atoms. The minimum absolute atomic E-state index is 0.0160. The number of carbonyl (C=O) groups is 1. The van der Waals surface area contributed by atoms with Gasteiger partial charge in [0.15, 0.2) is 6.10 Å². The maximum absolute atomic E-state index is 12.2. The van der Waals surface area contributed by atoms with Gasteiger partial charge in [-0.1, -0.05) is 30.3 Å². The molecule has 0 aliphatic heterocycles. The van der Waals surface area contributed by atoms with E-state index in [1.807, 2.05) is 30.3 Å². The molecule has 0 aliphatic rings. The molecule has 2 aromatic carbocycles. The van der Waals surface area contributed by atoms with E-state index in [9.17, 15) is 14.9 Å². The third-order valence-electron chi connectivity index (χ3n) is 3.23. The highest BCUT2D eigenvalue weighted by atomic mass is 16.6. The molecule has 0 amide bonds. The quantitative estimate of drug-likeness (QED) is 0.496. The van der Waals surface area contributed by atoms with Gasteiger partial charge in [0.05, 0.1) is 10.5 Å². The maximum Gasteiger partial charge on any atom is 0.341 e. The Morgan fingerprint density at radius 3 is 2.67 bits per heavy atom. The van der Waals surface area contributed by atoms with Crippen LogP contribution in [0.4, 0.5) is 11.4 Å². The molecule has 0 unspecified atom stereocenters. The monoisotopic (exact) mass is 325 g/mol. The van der Waals surface area contributed by atoms with Crippen molar-refractivity contribution in [3.8, 4) is 6.07 Å². The molecule has 1 N–H and O–H groups in total. The van der Waals surface area contributed by atoms with Crippen LogP contribution >= 0.6 is 0 Å². The SMILES string of the molecule is C[C@@H](C#N)OC(=O)c1cc([N+](=O)[O-])ccc1NCc1ccccc1. The van der Waals surface area contributed by atoms with Gasteiger partial charge in [0.2, 0.25) is 0 Å². The summed E-state index contributed by atoms with van der Waals surface area (Å²) in [5, 5.41) is 22.7. The predicted octanol–water partition coefficient (Wildman–Crippen LogP) is 3.28. The number of ether oxygens (including phenoxy) is 1. The van der Waals surface area contributed by atoms with Gasteiger partial charge in [-0.05, 0) is 18.6 Å². The Kier molecular flexibility index (Phi) is 5.47. The number of hydrogen-bond donors (Lipinski definition) is 1. The van der Waals surface area contributed by atoms with Gasteiger partial charge in [-0.15, -0.1) is 0 Å². The smallest absolute Gasteiger partial charge is 0.341 e. The lowest BCUT2D eigenvalue weighted by Crippen LogP contribution is -2.15. The zero-order valence-corrected chi connectivity index (χ0v) is 12.9. The van der Waals surface area contributed by atoms with E-state index in [1.165, 1.54) is 19.1 Å². The number of nitro groups is 1. The van der Waals surface area contributed by atoms with Gasteiger partial charge in [-0.25, -0.2) is 4.79 Å². The largest absolute Gasteiger partial charge is 0.444 e. The molecule has 2 aromatic rings. The normalized spacial score (nSPS) is 11.2. The topological polar surface area (TPSA) is 105 Å². The standard InChI is InChI=1S/C17H15N3O4/c1-12(10-18)24-17(21)15-9-14(20(22)23)7-8-16(15)19-11-13-5-3-2-4-6-13/h2-9,12,19H,11H2,1H3/t12-/m0/s1. The molecule has 0 radical (unpaired) electrons. The van der Waals surface area contributed by atoms with Crippen LogP contribution in [-0.4, -0.2) is 17.0 Å². The summed E-state index contributed by atoms with van der Waals surface area (Å²) >= 11 is 0. The number of benzene rings is 2.